The van der Waals surface area contributed by atoms with Crippen molar-refractivity contribution in [3.8, 4) is 11.5 Å². The number of anilines is 2. The minimum absolute atomic E-state index is 0.0868. The molecule has 2 bridgehead atoms. The van der Waals surface area contributed by atoms with Crippen LogP contribution < -0.4 is 20.1 Å². The van der Waals surface area contributed by atoms with Crippen molar-refractivity contribution in [1.29, 1.82) is 0 Å². The van der Waals surface area contributed by atoms with Crippen LogP contribution in [0.25, 0.3) is 0 Å². The summed E-state index contributed by atoms with van der Waals surface area (Å²) in [6.07, 6.45) is 4.99. The topological polar surface area (TPSA) is 76.7 Å². The fourth-order valence-corrected chi connectivity index (χ4v) is 4.59. The lowest BCUT2D eigenvalue weighted by molar-refractivity contribution is -0.129. The predicted octanol–water partition coefficient (Wildman–Crippen LogP) is 4.50. The second-order valence-electron chi connectivity index (χ2n) is 7.89. The predicted molar refractivity (Wildman–Crippen MR) is 120 cm³/mol. The summed E-state index contributed by atoms with van der Waals surface area (Å²) in [7, 11) is 0. The molecule has 4 atom stereocenters. The molecule has 162 valence electrons. The summed E-state index contributed by atoms with van der Waals surface area (Å²) < 4.78 is 10.9. The molecule has 2 aliphatic carbocycles. The van der Waals surface area contributed by atoms with Gasteiger partial charge in [-0.3, -0.25) is 9.59 Å². The molecule has 0 spiro atoms. The van der Waals surface area contributed by atoms with Crippen LogP contribution in [0.4, 0.5) is 11.4 Å². The third kappa shape index (κ3) is 4.58. The van der Waals surface area contributed by atoms with E-state index >= 15 is 0 Å². The van der Waals surface area contributed by atoms with Crippen molar-refractivity contribution in [1.82, 2.24) is 0 Å². The van der Waals surface area contributed by atoms with Crippen molar-refractivity contribution in [2.75, 3.05) is 23.8 Å². The van der Waals surface area contributed by atoms with Gasteiger partial charge in [-0.05, 0) is 80.6 Å². The van der Waals surface area contributed by atoms with Gasteiger partial charge in [-0.25, -0.2) is 0 Å². The van der Waals surface area contributed by atoms with Gasteiger partial charge >= 0.3 is 0 Å². The van der Waals surface area contributed by atoms with E-state index in [4.69, 9.17) is 9.47 Å². The number of hydrogen-bond donors (Lipinski definition) is 2. The Labute approximate surface area is 182 Å². The van der Waals surface area contributed by atoms with Crippen LogP contribution in [0.5, 0.6) is 11.5 Å². The van der Waals surface area contributed by atoms with Crippen LogP contribution in [0.3, 0.4) is 0 Å². The number of benzene rings is 2. The van der Waals surface area contributed by atoms with Crippen LogP contribution in [0.2, 0.25) is 0 Å². The summed E-state index contributed by atoms with van der Waals surface area (Å²) in [6.45, 7) is 5.04. The van der Waals surface area contributed by atoms with Crippen LogP contribution in [0.1, 0.15) is 20.3 Å². The standard InChI is InChI=1S/C25H28N2O4/c1-3-30-20-11-7-18(8-12-20)26-24(28)22-16-5-6-17(15-16)23(22)25(29)27-19-9-13-21(14-10-19)31-4-2/h5-14,16-17,22-23H,3-4,15H2,1-2H3,(H,26,28)(H,27,29)/t16-,17-,22-,23-/m0/s1. The van der Waals surface area contributed by atoms with E-state index in [2.05, 4.69) is 22.8 Å². The number of carbonyl (C=O) groups is 2. The molecule has 2 aromatic carbocycles. The Balaban J connectivity index is 1.44. The molecule has 2 aromatic rings. The lowest BCUT2D eigenvalue weighted by Crippen LogP contribution is -2.39. The summed E-state index contributed by atoms with van der Waals surface area (Å²) in [5.74, 6) is 0.689. The molecule has 0 aliphatic heterocycles. The monoisotopic (exact) mass is 420 g/mol. The zero-order valence-electron chi connectivity index (χ0n) is 17.8. The molecular weight excluding hydrogens is 392 g/mol. The zero-order chi connectivity index (χ0) is 21.8. The third-order valence-electron chi connectivity index (χ3n) is 5.93. The number of amides is 2. The van der Waals surface area contributed by atoms with Gasteiger partial charge in [0.2, 0.25) is 11.8 Å². The van der Waals surface area contributed by atoms with Crippen LogP contribution >= 0.6 is 0 Å². The highest BCUT2D eigenvalue weighted by Crippen LogP contribution is 2.48. The maximum atomic E-state index is 13.1. The molecule has 6 nitrogen and oxygen atoms in total. The van der Waals surface area contributed by atoms with Crippen LogP contribution in [0, 0.1) is 23.7 Å². The van der Waals surface area contributed by atoms with E-state index < -0.39 is 0 Å². The quantitative estimate of drug-likeness (QED) is 0.617. The highest BCUT2D eigenvalue weighted by Gasteiger charge is 2.51. The van der Waals surface area contributed by atoms with Gasteiger partial charge in [0.05, 0.1) is 25.0 Å². The lowest BCUT2D eigenvalue weighted by atomic mass is 9.81. The van der Waals surface area contributed by atoms with Gasteiger partial charge in [0.25, 0.3) is 0 Å². The van der Waals surface area contributed by atoms with E-state index in [0.717, 1.165) is 17.9 Å². The van der Waals surface area contributed by atoms with E-state index in [9.17, 15) is 9.59 Å². The fourth-order valence-electron chi connectivity index (χ4n) is 4.59. The van der Waals surface area contributed by atoms with Gasteiger partial charge in [-0.1, -0.05) is 12.2 Å². The zero-order valence-corrected chi connectivity index (χ0v) is 17.8. The molecule has 0 radical (unpaired) electrons. The van der Waals surface area contributed by atoms with Crippen molar-refractivity contribution in [3.05, 3.63) is 60.7 Å². The maximum absolute atomic E-state index is 13.1. The Bertz CT molecular complexity index is 875. The number of nitrogens with one attached hydrogen (secondary N) is 2. The van der Waals surface area contributed by atoms with E-state index in [0.29, 0.717) is 24.6 Å². The SMILES string of the molecule is CCOc1ccc(NC(=O)[C@@H]2[C@@H](C(=O)Nc3ccc(OCC)cc3)[C@H]3C=C[C@H]2C3)cc1. The van der Waals surface area contributed by atoms with E-state index in [1.165, 1.54) is 0 Å². The molecular formula is C25H28N2O4. The van der Waals surface area contributed by atoms with Crippen molar-refractivity contribution < 1.29 is 19.1 Å². The molecule has 0 saturated heterocycles. The van der Waals surface area contributed by atoms with E-state index in [1.807, 2.05) is 62.4 Å². The first-order valence-electron chi connectivity index (χ1n) is 10.8. The van der Waals surface area contributed by atoms with Gasteiger partial charge in [-0.2, -0.15) is 0 Å². The number of rotatable bonds is 8. The summed E-state index contributed by atoms with van der Waals surface area (Å²) in [6, 6.07) is 14.6. The Morgan fingerprint density at radius 2 is 1.13 bits per heavy atom. The minimum atomic E-state index is -0.385. The molecule has 1 fully saturated rings. The molecule has 4 rings (SSSR count). The Hall–Kier alpha value is -3.28. The molecule has 0 unspecified atom stereocenters. The average Bonchev–Trinajstić information content (AvgIpc) is 3.39. The smallest absolute Gasteiger partial charge is 0.228 e. The first-order chi connectivity index (χ1) is 15.1. The van der Waals surface area contributed by atoms with Gasteiger partial charge < -0.3 is 20.1 Å². The summed E-state index contributed by atoms with van der Waals surface area (Å²) in [5.41, 5.74) is 1.40. The van der Waals surface area contributed by atoms with Gasteiger partial charge in [-0.15, -0.1) is 0 Å². The summed E-state index contributed by atoms with van der Waals surface area (Å²) >= 11 is 0. The molecule has 0 heterocycles. The summed E-state index contributed by atoms with van der Waals surface area (Å²) in [4.78, 5) is 26.3. The first kappa shape index (κ1) is 21.0. The van der Waals surface area contributed by atoms with Gasteiger partial charge in [0.1, 0.15) is 11.5 Å². The van der Waals surface area contributed by atoms with Crippen molar-refractivity contribution >= 4 is 23.2 Å². The molecule has 6 heteroatoms. The number of fused-ring (bicyclic) bond motifs is 2. The van der Waals surface area contributed by atoms with E-state index in [-0.39, 0.29) is 35.5 Å². The molecule has 2 amide bonds. The van der Waals surface area contributed by atoms with Gasteiger partial charge in [0, 0.05) is 11.4 Å². The summed E-state index contributed by atoms with van der Waals surface area (Å²) in [5, 5.41) is 5.97. The fraction of sp³-hybridized carbons (Fsp3) is 0.360. The number of allylic oxidation sites excluding steroid dienone is 2. The Morgan fingerprint density at radius 3 is 1.48 bits per heavy atom. The van der Waals surface area contributed by atoms with Crippen LogP contribution in [0.15, 0.2) is 60.7 Å². The molecule has 1 saturated carbocycles. The second kappa shape index (κ2) is 9.25. The number of hydrogen-bond acceptors (Lipinski definition) is 4. The van der Waals surface area contributed by atoms with Crippen LogP contribution in [-0.2, 0) is 9.59 Å². The number of carbonyl (C=O) groups excluding carboxylic acids is 2. The van der Waals surface area contributed by atoms with Gasteiger partial charge in [0.15, 0.2) is 0 Å². The first-order valence-corrected chi connectivity index (χ1v) is 10.8. The Kier molecular flexibility index (Phi) is 6.26. The van der Waals surface area contributed by atoms with Crippen molar-refractivity contribution in [2.24, 2.45) is 23.7 Å². The van der Waals surface area contributed by atoms with Crippen molar-refractivity contribution in [3.63, 3.8) is 0 Å². The lowest BCUT2D eigenvalue weighted by Gasteiger charge is -2.26. The molecule has 0 aromatic heterocycles. The molecule has 31 heavy (non-hydrogen) atoms. The van der Waals surface area contributed by atoms with Crippen molar-refractivity contribution in [2.45, 2.75) is 20.3 Å². The highest BCUT2D eigenvalue weighted by molar-refractivity contribution is 6.01. The minimum Gasteiger partial charge on any atom is -0.494 e. The molecule has 2 N–H and O–H groups in total. The normalized spacial score (nSPS) is 23.4. The van der Waals surface area contributed by atoms with E-state index in [1.54, 1.807) is 0 Å². The third-order valence-corrected chi connectivity index (χ3v) is 5.93. The Morgan fingerprint density at radius 1 is 0.742 bits per heavy atom. The molecule has 2 aliphatic rings. The maximum Gasteiger partial charge on any atom is 0.228 e. The largest absolute Gasteiger partial charge is 0.494 e. The number of ether oxygens (including phenoxy) is 2. The highest BCUT2D eigenvalue weighted by atomic mass is 16.5. The average molecular weight is 421 g/mol. The second-order valence-corrected chi connectivity index (χ2v) is 7.89. The van der Waals surface area contributed by atoms with Crippen LogP contribution in [-0.4, -0.2) is 25.0 Å².